The fourth-order valence-electron chi connectivity index (χ4n) is 2.38. The molecule has 2 nitrogen and oxygen atoms in total. The van der Waals surface area contributed by atoms with Gasteiger partial charge in [-0.1, -0.05) is 35.3 Å². The van der Waals surface area contributed by atoms with E-state index in [0.29, 0.717) is 27.9 Å². The summed E-state index contributed by atoms with van der Waals surface area (Å²) in [6.07, 6.45) is 0. The van der Waals surface area contributed by atoms with Crippen molar-refractivity contribution in [2.24, 2.45) is 0 Å². The minimum absolute atomic E-state index is 0.0606. The first-order valence-corrected chi connectivity index (χ1v) is 9.34. The highest BCUT2D eigenvalue weighted by Crippen LogP contribution is 2.26. The van der Waals surface area contributed by atoms with E-state index in [-0.39, 0.29) is 12.4 Å². The Hall–Kier alpha value is -1.59. The molecule has 0 aliphatic heterocycles. The number of thiophene rings is 1. The van der Waals surface area contributed by atoms with Crippen LogP contribution < -0.4 is 10.1 Å². The molecule has 0 amide bonds. The Labute approximate surface area is 160 Å². The SMILES string of the molecule is Fc1cccc(Cl)c1COc1ccc(Cl)cc1CNCc1cccs1. The zero-order chi connectivity index (χ0) is 17.6. The van der Waals surface area contributed by atoms with Crippen LogP contribution in [0.3, 0.4) is 0 Å². The largest absolute Gasteiger partial charge is 0.488 e. The second kappa shape index (κ2) is 8.68. The van der Waals surface area contributed by atoms with E-state index in [4.69, 9.17) is 27.9 Å². The van der Waals surface area contributed by atoms with E-state index < -0.39 is 0 Å². The van der Waals surface area contributed by atoms with E-state index in [1.165, 1.54) is 10.9 Å². The van der Waals surface area contributed by atoms with Gasteiger partial charge in [0.05, 0.1) is 5.02 Å². The maximum atomic E-state index is 13.9. The second-order valence-electron chi connectivity index (χ2n) is 5.42. The molecule has 0 fully saturated rings. The minimum atomic E-state index is -0.376. The highest BCUT2D eigenvalue weighted by molar-refractivity contribution is 7.09. The van der Waals surface area contributed by atoms with Crippen molar-refractivity contribution in [2.45, 2.75) is 19.7 Å². The summed E-state index contributed by atoms with van der Waals surface area (Å²) in [4.78, 5) is 1.25. The van der Waals surface area contributed by atoms with Gasteiger partial charge in [0, 0.05) is 34.1 Å². The van der Waals surface area contributed by atoms with Gasteiger partial charge in [0.15, 0.2) is 0 Å². The number of halogens is 3. The van der Waals surface area contributed by atoms with Crippen LogP contribution in [-0.4, -0.2) is 0 Å². The summed E-state index contributed by atoms with van der Waals surface area (Å²) in [5.74, 6) is 0.279. The van der Waals surface area contributed by atoms with Crippen molar-refractivity contribution in [3.8, 4) is 5.75 Å². The Bertz CT molecular complexity index is 819. The Morgan fingerprint density at radius 2 is 1.92 bits per heavy atom. The van der Waals surface area contributed by atoms with Crippen molar-refractivity contribution in [3.05, 3.63) is 85.8 Å². The number of hydrogen-bond donors (Lipinski definition) is 1. The number of rotatable bonds is 7. The highest BCUT2D eigenvalue weighted by Gasteiger charge is 2.10. The van der Waals surface area contributed by atoms with Gasteiger partial charge in [-0.3, -0.25) is 0 Å². The van der Waals surface area contributed by atoms with Crippen molar-refractivity contribution >= 4 is 34.5 Å². The van der Waals surface area contributed by atoms with Crippen LogP contribution in [0, 0.1) is 5.82 Å². The van der Waals surface area contributed by atoms with Gasteiger partial charge in [0.25, 0.3) is 0 Å². The summed E-state index contributed by atoms with van der Waals surface area (Å²) in [6, 6.07) is 14.1. The van der Waals surface area contributed by atoms with Crippen molar-refractivity contribution in [1.82, 2.24) is 5.32 Å². The van der Waals surface area contributed by atoms with Crippen LogP contribution >= 0.6 is 34.5 Å². The molecule has 0 aliphatic rings. The molecule has 0 bridgehead atoms. The van der Waals surface area contributed by atoms with Crippen molar-refractivity contribution in [1.29, 1.82) is 0 Å². The molecule has 25 heavy (non-hydrogen) atoms. The molecule has 1 heterocycles. The van der Waals surface area contributed by atoms with Gasteiger partial charge >= 0.3 is 0 Å². The van der Waals surface area contributed by atoms with Crippen LogP contribution in [0.2, 0.25) is 10.0 Å². The van der Waals surface area contributed by atoms with Crippen LogP contribution in [-0.2, 0) is 19.7 Å². The maximum Gasteiger partial charge on any atom is 0.131 e. The predicted octanol–water partition coefficient (Wildman–Crippen LogP) is 6.06. The summed E-state index contributed by atoms with van der Waals surface area (Å²) in [5, 5.41) is 6.39. The average molecular weight is 396 g/mol. The topological polar surface area (TPSA) is 21.3 Å². The Balaban J connectivity index is 1.68. The van der Waals surface area contributed by atoms with Crippen LogP contribution in [0.15, 0.2) is 53.9 Å². The fourth-order valence-corrected chi connectivity index (χ4v) is 3.47. The molecule has 2 aromatic carbocycles. The third-order valence-electron chi connectivity index (χ3n) is 3.65. The molecule has 0 spiro atoms. The van der Waals surface area contributed by atoms with E-state index in [0.717, 1.165) is 12.1 Å². The van der Waals surface area contributed by atoms with Gasteiger partial charge in [-0.25, -0.2) is 4.39 Å². The van der Waals surface area contributed by atoms with E-state index in [9.17, 15) is 4.39 Å². The van der Waals surface area contributed by atoms with E-state index in [1.807, 2.05) is 17.5 Å². The Kier molecular flexibility index (Phi) is 6.32. The predicted molar refractivity (Wildman–Crippen MR) is 102 cm³/mol. The van der Waals surface area contributed by atoms with Crippen LogP contribution in [0.4, 0.5) is 4.39 Å². The van der Waals surface area contributed by atoms with Crippen LogP contribution in [0.5, 0.6) is 5.75 Å². The fraction of sp³-hybridized carbons (Fsp3) is 0.158. The quantitative estimate of drug-likeness (QED) is 0.524. The van der Waals surface area contributed by atoms with Crippen LogP contribution in [0.25, 0.3) is 0 Å². The van der Waals surface area contributed by atoms with Gasteiger partial charge < -0.3 is 10.1 Å². The van der Waals surface area contributed by atoms with Gasteiger partial charge in [-0.2, -0.15) is 0 Å². The number of nitrogens with one attached hydrogen (secondary N) is 1. The summed E-state index contributed by atoms with van der Waals surface area (Å²) in [5.41, 5.74) is 1.26. The lowest BCUT2D eigenvalue weighted by Gasteiger charge is -2.14. The minimum Gasteiger partial charge on any atom is -0.488 e. The molecule has 130 valence electrons. The number of ether oxygens (including phenoxy) is 1. The first-order valence-electron chi connectivity index (χ1n) is 7.70. The zero-order valence-corrected chi connectivity index (χ0v) is 15.6. The Morgan fingerprint density at radius 1 is 1.04 bits per heavy atom. The molecular weight excluding hydrogens is 380 g/mol. The average Bonchev–Trinajstić information content (AvgIpc) is 3.09. The molecular formula is C19H16Cl2FNOS. The van der Waals surface area contributed by atoms with Gasteiger partial charge in [0.1, 0.15) is 18.2 Å². The van der Waals surface area contributed by atoms with Gasteiger partial charge in [0.2, 0.25) is 0 Å². The summed E-state index contributed by atoms with van der Waals surface area (Å²) in [6.45, 7) is 1.42. The molecule has 1 aromatic heterocycles. The molecule has 3 rings (SSSR count). The lowest BCUT2D eigenvalue weighted by Crippen LogP contribution is -2.13. The molecule has 0 atom stereocenters. The van der Waals surface area contributed by atoms with Crippen molar-refractivity contribution < 1.29 is 9.13 Å². The first-order chi connectivity index (χ1) is 12.1. The molecule has 0 saturated carbocycles. The third-order valence-corrected chi connectivity index (χ3v) is 5.12. The standard InChI is InChI=1S/C19H16Cl2FNOS/c20-14-6-7-19(24-12-16-17(21)4-1-5-18(16)22)13(9-14)10-23-11-15-3-2-8-25-15/h1-9,23H,10-12H2. The number of hydrogen-bond acceptors (Lipinski definition) is 3. The molecule has 0 radical (unpaired) electrons. The molecule has 0 unspecified atom stereocenters. The lowest BCUT2D eigenvalue weighted by atomic mass is 10.2. The summed E-state index contributed by atoms with van der Waals surface area (Å²) < 4.78 is 19.7. The molecule has 0 saturated heterocycles. The maximum absolute atomic E-state index is 13.9. The Morgan fingerprint density at radius 3 is 2.68 bits per heavy atom. The molecule has 1 N–H and O–H groups in total. The molecule has 6 heteroatoms. The molecule has 3 aromatic rings. The molecule has 0 aliphatic carbocycles. The summed E-state index contributed by atoms with van der Waals surface area (Å²) >= 11 is 13.8. The van der Waals surface area contributed by atoms with Crippen molar-refractivity contribution in [2.75, 3.05) is 0 Å². The first kappa shape index (κ1) is 18.2. The van der Waals surface area contributed by atoms with Crippen molar-refractivity contribution in [3.63, 3.8) is 0 Å². The monoisotopic (exact) mass is 395 g/mol. The second-order valence-corrected chi connectivity index (χ2v) is 7.30. The van der Waals surface area contributed by atoms with E-state index in [1.54, 1.807) is 35.6 Å². The van der Waals surface area contributed by atoms with E-state index >= 15 is 0 Å². The third kappa shape index (κ3) is 4.95. The smallest absolute Gasteiger partial charge is 0.131 e. The lowest BCUT2D eigenvalue weighted by molar-refractivity contribution is 0.296. The van der Waals surface area contributed by atoms with Crippen LogP contribution in [0.1, 0.15) is 16.0 Å². The highest BCUT2D eigenvalue weighted by atomic mass is 35.5. The number of benzene rings is 2. The zero-order valence-electron chi connectivity index (χ0n) is 13.3. The summed E-state index contributed by atoms with van der Waals surface area (Å²) in [7, 11) is 0. The normalized spacial score (nSPS) is 10.8. The van der Waals surface area contributed by atoms with E-state index in [2.05, 4.69) is 11.4 Å². The van der Waals surface area contributed by atoms with Gasteiger partial charge in [-0.05, 0) is 41.8 Å². The van der Waals surface area contributed by atoms with Gasteiger partial charge in [-0.15, -0.1) is 11.3 Å².